The summed E-state index contributed by atoms with van der Waals surface area (Å²) in [7, 11) is -3.33. The van der Waals surface area contributed by atoms with Crippen LogP contribution < -0.4 is 0 Å². The van der Waals surface area contributed by atoms with Crippen LogP contribution in [0.25, 0.3) is 0 Å². The van der Waals surface area contributed by atoms with Crippen molar-refractivity contribution in [3.05, 3.63) is 39.7 Å². The molecule has 0 atom stereocenters. The van der Waals surface area contributed by atoms with Crippen molar-refractivity contribution in [2.45, 2.75) is 50.8 Å². The summed E-state index contributed by atoms with van der Waals surface area (Å²) in [5.74, 6) is 0. The van der Waals surface area contributed by atoms with Gasteiger partial charge < -0.3 is 0 Å². The van der Waals surface area contributed by atoms with Gasteiger partial charge in [-0.3, -0.25) is 0 Å². The van der Waals surface area contributed by atoms with Crippen molar-refractivity contribution >= 4 is 25.8 Å². The number of aryl methyl sites for hydroxylation is 1. The highest BCUT2D eigenvalue weighted by Gasteiger charge is 2.11. The molecule has 0 aliphatic rings. The molecule has 0 saturated carbocycles. The number of sulfone groups is 1. The Labute approximate surface area is 125 Å². The van der Waals surface area contributed by atoms with Gasteiger partial charge in [0.1, 0.15) is 0 Å². The quantitative estimate of drug-likeness (QED) is 0.654. The lowest BCUT2D eigenvalue weighted by Gasteiger charge is -2.02. The van der Waals surface area contributed by atoms with E-state index >= 15 is 0 Å². The molecular weight excluding hydrogens is 324 g/mol. The van der Waals surface area contributed by atoms with E-state index < -0.39 is 9.84 Å². The molecule has 0 radical (unpaired) electrons. The first-order chi connectivity index (χ1) is 8.95. The fourth-order valence-electron chi connectivity index (χ4n) is 1.74. The zero-order valence-electron chi connectivity index (χ0n) is 11.5. The van der Waals surface area contributed by atoms with Gasteiger partial charge in [0.05, 0.1) is 4.90 Å². The van der Waals surface area contributed by atoms with Crippen LogP contribution in [0, 0.1) is 6.92 Å². The van der Waals surface area contributed by atoms with Crippen LogP contribution in [0.1, 0.15) is 44.6 Å². The number of rotatable bonds is 7. The third-order valence-electron chi connectivity index (χ3n) is 2.90. The molecule has 1 rings (SSSR count). The maximum atomic E-state index is 12.1. The third kappa shape index (κ3) is 5.91. The summed E-state index contributed by atoms with van der Waals surface area (Å²) < 4.78 is 25.0. The van der Waals surface area contributed by atoms with Gasteiger partial charge in [0.2, 0.25) is 9.84 Å². The predicted molar refractivity (Wildman–Crippen MR) is 84.1 cm³/mol. The molecule has 0 spiro atoms. The molecule has 0 saturated heterocycles. The van der Waals surface area contributed by atoms with Crippen molar-refractivity contribution in [3.63, 3.8) is 0 Å². The molecule has 106 valence electrons. The monoisotopic (exact) mass is 344 g/mol. The van der Waals surface area contributed by atoms with E-state index in [0.717, 1.165) is 29.3 Å². The molecule has 0 aromatic heterocycles. The molecule has 2 nitrogen and oxygen atoms in total. The lowest BCUT2D eigenvalue weighted by atomic mass is 10.2. The normalized spacial score (nSPS) is 12.7. The van der Waals surface area contributed by atoms with E-state index in [-0.39, 0.29) is 0 Å². The molecule has 0 fully saturated rings. The van der Waals surface area contributed by atoms with Gasteiger partial charge in [-0.1, -0.05) is 59.8 Å². The first kappa shape index (κ1) is 16.4. The van der Waals surface area contributed by atoms with E-state index in [0.29, 0.717) is 4.90 Å². The van der Waals surface area contributed by atoms with E-state index in [4.69, 9.17) is 0 Å². The van der Waals surface area contributed by atoms with Crippen molar-refractivity contribution in [1.29, 1.82) is 0 Å². The smallest absolute Gasteiger partial charge is 0.200 e. The van der Waals surface area contributed by atoms with Crippen LogP contribution in [-0.2, 0) is 9.84 Å². The summed E-state index contributed by atoms with van der Waals surface area (Å²) in [5.41, 5.74) is 1.06. The third-order valence-corrected chi connectivity index (χ3v) is 5.35. The standard InChI is InChI=1S/C15H21BrO2S/c1-3-4-5-6-7-14(16)12-19(17,18)15-10-8-13(2)9-11-15/h8-12H,3-7H2,1-2H3/b14-12-. The highest BCUT2D eigenvalue weighted by molar-refractivity contribution is 9.11. The molecule has 0 aliphatic carbocycles. The summed E-state index contributed by atoms with van der Waals surface area (Å²) in [6.07, 6.45) is 5.33. The fraction of sp³-hybridized carbons (Fsp3) is 0.467. The summed E-state index contributed by atoms with van der Waals surface area (Å²) >= 11 is 3.36. The number of unbranched alkanes of at least 4 members (excludes halogenated alkanes) is 3. The number of benzene rings is 1. The van der Waals surface area contributed by atoms with Crippen molar-refractivity contribution < 1.29 is 8.42 Å². The number of halogens is 1. The van der Waals surface area contributed by atoms with Crippen LogP contribution in [-0.4, -0.2) is 8.42 Å². The maximum Gasteiger partial charge on any atom is 0.200 e. The topological polar surface area (TPSA) is 34.1 Å². The van der Waals surface area contributed by atoms with Gasteiger partial charge in [-0.05, 0) is 31.9 Å². The molecule has 0 N–H and O–H groups in total. The van der Waals surface area contributed by atoms with Gasteiger partial charge in [-0.25, -0.2) is 8.42 Å². The van der Waals surface area contributed by atoms with Gasteiger partial charge in [0.25, 0.3) is 0 Å². The Morgan fingerprint density at radius 2 is 1.79 bits per heavy atom. The minimum absolute atomic E-state index is 0.351. The minimum Gasteiger partial charge on any atom is -0.219 e. The summed E-state index contributed by atoms with van der Waals surface area (Å²) in [4.78, 5) is 0.351. The maximum absolute atomic E-state index is 12.1. The van der Waals surface area contributed by atoms with Crippen molar-refractivity contribution in [2.75, 3.05) is 0 Å². The first-order valence-corrected chi connectivity index (χ1v) is 8.97. The average molecular weight is 345 g/mol. The Morgan fingerprint density at radius 1 is 1.16 bits per heavy atom. The van der Waals surface area contributed by atoms with Crippen molar-refractivity contribution in [2.24, 2.45) is 0 Å². The second-order valence-corrected chi connectivity index (χ2v) is 7.55. The van der Waals surface area contributed by atoms with E-state index in [1.165, 1.54) is 18.2 Å². The average Bonchev–Trinajstić information content (AvgIpc) is 2.34. The summed E-state index contributed by atoms with van der Waals surface area (Å²) in [6.45, 7) is 4.10. The van der Waals surface area contributed by atoms with Crippen molar-refractivity contribution in [3.8, 4) is 0 Å². The molecule has 0 unspecified atom stereocenters. The molecular formula is C15H21BrO2S. The molecule has 1 aromatic rings. The van der Waals surface area contributed by atoms with E-state index in [1.807, 2.05) is 19.1 Å². The Hall–Kier alpha value is -0.610. The van der Waals surface area contributed by atoms with Crippen LogP contribution >= 0.6 is 15.9 Å². The van der Waals surface area contributed by atoms with Gasteiger partial charge in [-0.15, -0.1) is 0 Å². The largest absolute Gasteiger partial charge is 0.219 e. The summed E-state index contributed by atoms with van der Waals surface area (Å²) in [5, 5.41) is 1.34. The molecule has 0 heterocycles. The second kappa shape index (κ2) is 7.85. The summed E-state index contributed by atoms with van der Waals surface area (Å²) in [6, 6.07) is 6.93. The zero-order valence-corrected chi connectivity index (χ0v) is 13.9. The Balaban J connectivity index is 2.69. The SMILES string of the molecule is CCCCCC/C(Br)=C/S(=O)(=O)c1ccc(C)cc1. The molecule has 1 aromatic carbocycles. The molecule has 4 heteroatoms. The van der Waals surface area contributed by atoms with Crippen LogP contribution in [0.4, 0.5) is 0 Å². The molecule has 0 bridgehead atoms. The zero-order chi connectivity index (χ0) is 14.3. The minimum atomic E-state index is -3.33. The lowest BCUT2D eigenvalue weighted by Crippen LogP contribution is -1.97. The van der Waals surface area contributed by atoms with Gasteiger partial charge in [-0.2, -0.15) is 0 Å². The Bertz CT molecular complexity index is 516. The lowest BCUT2D eigenvalue weighted by molar-refractivity contribution is 0.604. The van der Waals surface area contributed by atoms with Crippen LogP contribution in [0.3, 0.4) is 0 Å². The predicted octanol–water partition coefficient (Wildman–Crippen LogP) is 4.98. The Kier molecular flexibility index (Phi) is 6.80. The Morgan fingerprint density at radius 3 is 2.37 bits per heavy atom. The number of hydrogen-bond donors (Lipinski definition) is 0. The second-order valence-electron chi connectivity index (χ2n) is 4.73. The van der Waals surface area contributed by atoms with Gasteiger partial charge >= 0.3 is 0 Å². The number of hydrogen-bond acceptors (Lipinski definition) is 2. The molecule has 0 aliphatic heterocycles. The van der Waals surface area contributed by atoms with E-state index in [1.54, 1.807) is 12.1 Å². The number of allylic oxidation sites excluding steroid dienone is 1. The fourth-order valence-corrected chi connectivity index (χ4v) is 3.87. The van der Waals surface area contributed by atoms with Crippen LogP contribution in [0.5, 0.6) is 0 Å². The molecule has 19 heavy (non-hydrogen) atoms. The highest BCUT2D eigenvalue weighted by Crippen LogP contribution is 2.21. The van der Waals surface area contributed by atoms with Gasteiger partial charge in [0.15, 0.2) is 0 Å². The highest BCUT2D eigenvalue weighted by atomic mass is 79.9. The van der Waals surface area contributed by atoms with Crippen molar-refractivity contribution in [1.82, 2.24) is 0 Å². The van der Waals surface area contributed by atoms with Crippen LogP contribution in [0.15, 0.2) is 39.1 Å². The van der Waals surface area contributed by atoms with E-state index in [9.17, 15) is 8.42 Å². The van der Waals surface area contributed by atoms with Crippen LogP contribution in [0.2, 0.25) is 0 Å². The van der Waals surface area contributed by atoms with Gasteiger partial charge in [0, 0.05) is 9.89 Å². The first-order valence-electron chi connectivity index (χ1n) is 6.63. The van der Waals surface area contributed by atoms with E-state index in [2.05, 4.69) is 22.9 Å². The molecule has 0 amide bonds.